The van der Waals surface area contributed by atoms with E-state index in [9.17, 15) is 26.0 Å². The van der Waals surface area contributed by atoms with Gasteiger partial charge in [-0.15, -0.1) is 0 Å². The zero-order chi connectivity index (χ0) is 18.7. The van der Waals surface area contributed by atoms with Crippen molar-refractivity contribution in [2.75, 3.05) is 11.8 Å². The van der Waals surface area contributed by atoms with Gasteiger partial charge in [-0.3, -0.25) is 4.72 Å². The minimum absolute atomic E-state index is 0.0436. The van der Waals surface area contributed by atoms with Crippen LogP contribution >= 0.6 is 0 Å². The maximum Gasteiger partial charge on any atom is 0.461 e. The number of sulfonamides is 1. The number of methoxy groups -OCH3 is 1. The minimum atomic E-state index is -4.63. The molecule has 0 atom stereocenters. The molecular weight excluding hydrogens is 366 g/mol. The van der Waals surface area contributed by atoms with E-state index in [0.717, 1.165) is 24.3 Å². The normalized spacial score (nSPS) is 12.1. The molecule has 10 heteroatoms. The fourth-order valence-corrected chi connectivity index (χ4v) is 2.82. The van der Waals surface area contributed by atoms with Crippen LogP contribution in [0.4, 0.5) is 23.2 Å². The molecule has 0 spiro atoms. The van der Waals surface area contributed by atoms with Gasteiger partial charge in [-0.25, -0.2) is 8.42 Å². The first kappa shape index (κ1) is 18.8. The Balaban J connectivity index is 2.12. The highest BCUT2D eigenvalue weighted by Gasteiger charge is 2.43. The average Bonchev–Trinajstić information content (AvgIpc) is 2.56. The second-order valence-corrected chi connectivity index (χ2v) is 6.45. The SMILES string of the molecule is COc1ccc(S(=O)(=O)Nc2ccc(OC(F)(F)C(F)F)cc2)cc1. The molecule has 0 aromatic heterocycles. The van der Waals surface area contributed by atoms with E-state index >= 15 is 0 Å². The van der Waals surface area contributed by atoms with Crippen LogP contribution in [0.15, 0.2) is 53.4 Å². The van der Waals surface area contributed by atoms with Crippen molar-refractivity contribution in [3.63, 3.8) is 0 Å². The van der Waals surface area contributed by atoms with Gasteiger partial charge in [0.25, 0.3) is 10.0 Å². The second-order valence-electron chi connectivity index (χ2n) is 4.77. The molecule has 2 aromatic carbocycles. The molecule has 136 valence electrons. The summed E-state index contributed by atoms with van der Waals surface area (Å²) in [6, 6.07) is 9.67. The molecule has 0 radical (unpaired) electrons. The Hall–Kier alpha value is -2.49. The third-order valence-corrected chi connectivity index (χ3v) is 4.38. The summed E-state index contributed by atoms with van der Waals surface area (Å²) in [6.07, 6.45) is -8.62. The van der Waals surface area contributed by atoms with Gasteiger partial charge in [0.1, 0.15) is 11.5 Å². The lowest BCUT2D eigenvalue weighted by molar-refractivity contribution is -0.253. The molecule has 0 saturated heterocycles. The number of ether oxygens (including phenoxy) is 2. The van der Waals surface area contributed by atoms with E-state index in [-0.39, 0.29) is 10.6 Å². The second kappa shape index (κ2) is 7.18. The zero-order valence-electron chi connectivity index (χ0n) is 12.7. The minimum Gasteiger partial charge on any atom is -0.497 e. The highest BCUT2D eigenvalue weighted by Crippen LogP contribution is 2.28. The highest BCUT2D eigenvalue weighted by molar-refractivity contribution is 7.92. The summed E-state index contributed by atoms with van der Waals surface area (Å²) in [5.41, 5.74) is 0.0449. The van der Waals surface area contributed by atoms with Crippen molar-refractivity contribution >= 4 is 15.7 Å². The molecule has 0 aliphatic rings. The number of hydrogen-bond acceptors (Lipinski definition) is 4. The molecule has 0 bridgehead atoms. The Morgan fingerprint density at radius 1 is 0.960 bits per heavy atom. The van der Waals surface area contributed by atoms with Crippen molar-refractivity contribution in [1.29, 1.82) is 0 Å². The van der Waals surface area contributed by atoms with Crippen LogP contribution in [0.25, 0.3) is 0 Å². The third-order valence-electron chi connectivity index (χ3n) is 2.98. The maximum absolute atomic E-state index is 12.8. The molecule has 0 aliphatic heterocycles. The van der Waals surface area contributed by atoms with Gasteiger partial charge in [-0.05, 0) is 48.5 Å². The molecule has 25 heavy (non-hydrogen) atoms. The predicted molar refractivity (Wildman–Crippen MR) is 81.8 cm³/mol. The summed E-state index contributed by atoms with van der Waals surface area (Å²) in [4.78, 5) is -0.0436. The predicted octanol–water partition coefficient (Wildman–Crippen LogP) is 3.73. The lowest BCUT2D eigenvalue weighted by Gasteiger charge is -2.17. The van der Waals surface area contributed by atoms with Crippen molar-refractivity contribution in [2.24, 2.45) is 0 Å². The van der Waals surface area contributed by atoms with Crippen molar-refractivity contribution in [2.45, 2.75) is 17.4 Å². The number of benzene rings is 2. The molecule has 0 heterocycles. The third kappa shape index (κ3) is 4.75. The molecule has 1 N–H and O–H groups in total. The maximum atomic E-state index is 12.8. The summed E-state index contributed by atoms with van der Waals surface area (Å²) < 4.78 is 85.2. The lowest BCUT2D eigenvalue weighted by atomic mass is 10.3. The van der Waals surface area contributed by atoms with Gasteiger partial charge in [-0.2, -0.15) is 17.6 Å². The van der Waals surface area contributed by atoms with E-state index in [4.69, 9.17) is 4.74 Å². The van der Waals surface area contributed by atoms with Crippen LogP contribution in [-0.4, -0.2) is 28.1 Å². The molecule has 5 nitrogen and oxygen atoms in total. The molecule has 2 rings (SSSR count). The summed E-state index contributed by atoms with van der Waals surface area (Å²) >= 11 is 0. The van der Waals surface area contributed by atoms with Crippen molar-refractivity contribution in [3.05, 3.63) is 48.5 Å². The first-order chi connectivity index (χ1) is 11.6. The van der Waals surface area contributed by atoms with E-state index in [1.165, 1.54) is 31.4 Å². The molecule has 0 unspecified atom stereocenters. The quantitative estimate of drug-likeness (QED) is 0.745. The van der Waals surface area contributed by atoms with E-state index in [1.54, 1.807) is 0 Å². The van der Waals surface area contributed by atoms with Crippen molar-refractivity contribution < 1.29 is 35.5 Å². The van der Waals surface area contributed by atoms with Crippen LogP contribution in [0.2, 0.25) is 0 Å². The summed E-state index contributed by atoms with van der Waals surface area (Å²) in [7, 11) is -2.48. The Morgan fingerprint density at radius 2 is 1.48 bits per heavy atom. The first-order valence-electron chi connectivity index (χ1n) is 6.76. The standard InChI is InChI=1S/C15H13F4NO4S/c1-23-11-6-8-13(9-7-11)25(21,22)20-10-2-4-12(5-3-10)24-15(18,19)14(16)17/h2-9,14,20H,1H3. The Bertz CT molecular complexity index is 808. The van der Waals surface area contributed by atoms with E-state index in [0.29, 0.717) is 5.75 Å². The number of rotatable bonds is 7. The van der Waals surface area contributed by atoms with Gasteiger partial charge in [0.2, 0.25) is 0 Å². The molecule has 2 aromatic rings. The smallest absolute Gasteiger partial charge is 0.461 e. The number of hydrogen-bond donors (Lipinski definition) is 1. The molecule has 0 amide bonds. The number of nitrogens with one attached hydrogen (secondary N) is 1. The van der Waals surface area contributed by atoms with Crippen LogP contribution in [0.5, 0.6) is 11.5 Å². The number of alkyl halides is 4. The largest absolute Gasteiger partial charge is 0.497 e. The molecule has 0 fully saturated rings. The van der Waals surface area contributed by atoms with Crippen molar-refractivity contribution in [1.82, 2.24) is 0 Å². The monoisotopic (exact) mass is 379 g/mol. The summed E-state index contributed by atoms with van der Waals surface area (Å²) in [5, 5.41) is 0. The van der Waals surface area contributed by atoms with Gasteiger partial charge >= 0.3 is 12.5 Å². The average molecular weight is 379 g/mol. The highest BCUT2D eigenvalue weighted by atomic mass is 32.2. The Morgan fingerprint density at radius 3 is 1.96 bits per heavy atom. The van der Waals surface area contributed by atoms with Crippen LogP contribution in [0, 0.1) is 0 Å². The van der Waals surface area contributed by atoms with Crippen LogP contribution in [0.1, 0.15) is 0 Å². The Kier molecular flexibility index (Phi) is 5.41. The van der Waals surface area contributed by atoms with Gasteiger partial charge in [0.15, 0.2) is 0 Å². The van der Waals surface area contributed by atoms with Crippen molar-refractivity contribution in [3.8, 4) is 11.5 Å². The van der Waals surface area contributed by atoms with Gasteiger partial charge in [-0.1, -0.05) is 0 Å². The first-order valence-corrected chi connectivity index (χ1v) is 8.24. The summed E-state index contributed by atoms with van der Waals surface area (Å²) in [5.74, 6) is -0.0573. The van der Waals surface area contributed by atoms with Crippen LogP contribution in [0.3, 0.4) is 0 Å². The van der Waals surface area contributed by atoms with Gasteiger partial charge < -0.3 is 9.47 Å². The number of halogens is 4. The van der Waals surface area contributed by atoms with E-state index < -0.39 is 28.3 Å². The summed E-state index contributed by atoms with van der Waals surface area (Å²) in [6.45, 7) is 0. The van der Waals surface area contributed by atoms with Gasteiger partial charge in [0.05, 0.1) is 12.0 Å². The van der Waals surface area contributed by atoms with Crippen LogP contribution in [-0.2, 0) is 10.0 Å². The fourth-order valence-electron chi connectivity index (χ4n) is 1.76. The molecule has 0 saturated carbocycles. The number of anilines is 1. The topological polar surface area (TPSA) is 64.6 Å². The van der Waals surface area contributed by atoms with Crippen LogP contribution < -0.4 is 14.2 Å². The van der Waals surface area contributed by atoms with E-state index in [2.05, 4.69) is 9.46 Å². The van der Waals surface area contributed by atoms with E-state index in [1.807, 2.05) is 0 Å². The fraction of sp³-hybridized carbons (Fsp3) is 0.200. The molecule has 0 aliphatic carbocycles. The lowest BCUT2D eigenvalue weighted by Crippen LogP contribution is -2.33. The molecular formula is C15H13F4NO4S. The zero-order valence-corrected chi connectivity index (χ0v) is 13.6. The van der Waals surface area contributed by atoms with Gasteiger partial charge in [0, 0.05) is 5.69 Å². The Labute approximate surface area is 141 Å².